The molecule has 8 nitrogen and oxygen atoms in total. The standard InChI is InChI=1S/C13H14N6O2/c1-18-6-14-12-10(18)13(20)19(7-15-12)5-9-16-11(17-21-9)8-3-2-4-8/h6-8H,2-5H2,1H3. The number of imidazole rings is 1. The number of fused-ring (bicyclic) bond motifs is 1. The van der Waals surface area contributed by atoms with E-state index in [2.05, 4.69) is 20.1 Å². The molecule has 0 saturated heterocycles. The third-order valence-corrected chi connectivity index (χ3v) is 3.96. The van der Waals surface area contributed by atoms with E-state index in [1.54, 1.807) is 17.9 Å². The predicted molar refractivity (Wildman–Crippen MR) is 72.8 cm³/mol. The van der Waals surface area contributed by atoms with Crippen LogP contribution in [0.3, 0.4) is 0 Å². The van der Waals surface area contributed by atoms with Crippen molar-refractivity contribution in [3.63, 3.8) is 0 Å². The lowest BCUT2D eigenvalue weighted by Crippen LogP contribution is -2.22. The van der Waals surface area contributed by atoms with Crippen molar-refractivity contribution in [1.82, 2.24) is 29.2 Å². The van der Waals surface area contributed by atoms with Crippen LogP contribution in [0, 0.1) is 0 Å². The summed E-state index contributed by atoms with van der Waals surface area (Å²) >= 11 is 0. The second kappa shape index (κ2) is 4.51. The van der Waals surface area contributed by atoms with Crippen molar-refractivity contribution in [1.29, 1.82) is 0 Å². The molecule has 21 heavy (non-hydrogen) atoms. The molecule has 1 aliphatic carbocycles. The van der Waals surface area contributed by atoms with Crippen LogP contribution in [-0.2, 0) is 13.6 Å². The van der Waals surface area contributed by atoms with Crippen LogP contribution in [0.25, 0.3) is 11.2 Å². The van der Waals surface area contributed by atoms with Gasteiger partial charge in [-0.1, -0.05) is 11.6 Å². The van der Waals surface area contributed by atoms with Crippen molar-refractivity contribution in [3.05, 3.63) is 34.7 Å². The quantitative estimate of drug-likeness (QED) is 0.708. The van der Waals surface area contributed by atoms with Crippen molar-refractivity contribution in [3.8, 4) is 0 Å². The van der Waals surface area contributed by atoms with Crippen LogP contribution in [0.1, 0.15) is 36.9 Å². The largest absolute Gasteiger partial charge is 0.337 e. The highest BCUT2D eigenvalue weighted by Crippen LogP contribution is 2.34. The Balaban J connectivity index is 1.67. The first kappa shape index (κ1) is 12.2. The van der Waals surface area contributed by atoms with Crippen molar-refractivity contribution >= 4 is 11.2 Å². The first-order chi connectivity index (χ1) is 10.2. The van der Waals surface area contributed by atoms with E-state index in [1.165, 1.54) is 17.3 Å². The zero-order chi connectivity index (χ0) is 14.4. The highest BCUT2D eigenvalue weighted by Gasteiger charge is 2.24. The Labute approximate surface area is 119 Å². The number of aromatic nitrogens is 6. The zero-order valence-electron chi connectivity index (χ0n) is 11.6. The summed E-state index contributed by atoms with van der Waals surface area (Å²) in [5.74, 6) is 1.60. The summed E-state index contributed by atoms with van der Waals surface area (Å²) in [4.78, 5) is 25.0. The minimum absolute atomic E-state index is 0.164. The SMILES string of the molecule is Cn1cnc2ncn(Cc3nc(C4CCC4)no3)c(=O)c21. The normalized spacial score (nSPS) is 15.5. The molecular weight excluding hydrogens is 272 g/mol. The van der Waals surface area contributed by atoms with Gasteiger partial charge in [0.1, 0.15) is 12.9 Å². The summed E-state index contributed by atoms with van der Waals surface area (Å²) in [5.41, 5.74) is 0.749. The van der Waals surface area contributed by atoms with Gasteiger partial charge in [0.25, 0.3) is 5.56 Å². The number of hydrogen-bond acceptors (Lipinski definition) is 6. The average molecular weight is 286 g/mol. The number of aryl methyl sites for hydroxylation is 1. The molecule has 0 radical (unpaired) electrons. The molecule has 1 saturated carbocycles. The molecule has 108 valence electrons. The van der Waals surface area contributed by atoms with Crippen molar-refractivity contribution < 1.29 is 4.52 Å². The smallest absolute Gasteiger partial charge is 0.280 e. The van der Waals surface area contributed by atoms with Crippen molar-refractivity contribution in [2.75, 3.05) is 0 Å². The molecule has 0 amide bonds. The molecule has 8 heteroatoms. The molecule has 0 unspecified atom stereocenters. The maximum absolute atomic E-state index is 12.4. The Kier molecular flexibility index (Phi) is 2.63. The molecule has 1 aliphatic rings. The van der Waals surface area contributed by atoms with Gasteiger partial charge in [0.2, 0.25) is 5.89 Å². The van der Waals surface area contributed by atoms with E-state index in [-0.39, 0.29) is 12.1 Å². The van der Waals surface area contributed by atoms with Crippen LogP contribution in [-0.4, -0.2) is 29.2 Å². The third-order valence-electron chi connectivity index (χ3n) is 3.96. The number of hydrogen-bond donors (Lipinski definition) is 0. The molecule has 0 spiro atoms. The average Bonchev–Trinajstić information content (AvgIpc) is 2.99. The van der Waals surface area contributed by atoms with E-state index in [0.717, 1.165) is 18.7 Å². The maximum Gasteiger partial charge on any atom is 0.280 e. The van der Waals surface area contributed by atoms with E-state index in [4.69, 9.17) is 4.52 Å². The van der Waals surface area contributed by atoms with Crippen molar-refractivity contribution in [2.24, 2.45) is 7.05 Å². The van der Waals surface area contributed by atoms with Gasteiger partial charge < -0.3 is 9.09 Å². The van der Waals surface area contributed by atoms with E-state index in [0.29, 0.717) is 23.0 Å². The zero-order valence-corrected chi connectivity index (χ0v) is 11.6. The molecule has 4 rings (SSSR count). The van der Waals surface area contributed by atoms with Gasteiger partial charge in [0.05, 0.1) is 6.33 Å². The molecule has 3 aromatic rings. The van der Waals surface area contributed by atoms with E-state index in [1.807, 2.05) is 0 Å². The van der Waals surface area contributed by atoms with Gasteiger partial charge in [-0.2, -0.15) is 4.98 Å². The molecular formula is C13H14N6O2. The molecule has 0 bridgehead atoms. The number of nitrogens with zero attached hydrogens (tertiary/aromatic N) is 6. The predicted octanol–water partition coefficient (Wildman–Crippen LogP) is 0.829. The van der Waals surface area contributed by atoms with Crippen LogP contribution in [0.2, 0.25) is 0 Å². The molecule has 0 aromatic carbocycles. The summed E-state index contributed by atoms with van der Waals surface area (Å²) in [6.07, 6.45) is 6.48. The Hall–Kier alpha value is -2.51. The highest BCUT2D eigenvalue weighted by atomic mass is 16.5. The summed E-state index contributed by atoms with van der Waals surface area (Å²) in [7, 11) is 1.77. The Bertz CT molecular complexity index is 857. The molecule has 0 aliphatic heterocycles. The molecule has 3 aromatic heterocycles. The minimum atomic E-state index is -0.164. The Morgan fingerprint density at radius 3 is 2.90 bits per heavy atom. The van der Waals surface area contributed by atoms with Gasteiger partial charge in [-0.3, -0.25) is 9.36 Å². The highest BCUT2D eigenvalue weighted by molar-refractivity contribution is 5.68. The fourth-order valence-corrected chi connectivity index (χ4v) is 2.49. The summed E-state index contributed by atoms with van der Waals surface area (Å²) < 4.78 is 8.36. The van der Waals surface area contributed by atoms with Gasteiger partial charge >= 0.3 is 0 Å². The van der Waals surface area contributed by atoms with Gasteiger partial charge in [0, 0.05) is 13.0 Å². The van der Waals surface area contributed by atoms with Crippen LogP contribution in [0.15, 0.2) is 22.0 Å². The van der Waals surface area contributed by atoms with Gasteiger partial charge in [0.15, 0.2) is 17.0 Å². The lowest BCUT2D eigenvalue weighted by molar-refractivity contribution is 0.343. The Morgan fingerprint density at radius 1 is 1.33 bits per heavy atom. The molecule has 3 heterocycles. The summed E-state index contributed by atoms with van der Waals surface area (Å²) in [6.45, 7) is 0.229. The molecule has 0 N–H and O–H groups in total. The monoisotopic (exact) mass is 286 g/mol. The van der Waals surface area contributed by atoms with Crippen molar-refractivity contribution in [2.45, 2.75) is 31.7 Å². The second-order valence-corrected chi connectivity index (χ2v) is 5.38. The number of rotatable bonds is 3. The minimum Gasteiger partial charge on any atom is -0.337 e. The van der Waals surface area contributed by atoms with Gasteiger partial charge in [-0.15, -0.1) is 0 Å². The van der Waals surface area contributed by atoms with E-state index < -0.39 is 0 Å². The fourth-order valence-electron chi connectivity index (χ4n) is 2.49. The van der Waals surface area contributed by atoms with Gasteiger partial charge in [-0.05, 0) is 12.8 Å². The maximum atomic E-state index is 12.4. The second-order valence-electron chi connectivity index (χ2n) is 5.38. The Morgan fingerprint density at radius 2 is 2.14 bits per heavy atom. The first-order valence-electron chi connectivity index (χ1n) is 6.91. The molecule has 1 fully saturated rings. The molecule has 0 atom stereocenters. The summed E-state index contributed by atoms with van der Waals surface area (Å²) in [6, 6.07) is 0. The van der Waals surface area contributed by atoms with E-state index in [9.17, 15) is 4.79 Å². The van der Waals surface area contributed by atoms with Crippen LogP contribution >= 0.6 is 0 Å². The lowest BCUT2D eigenvalue weighted by atomic mass is 9.85. The van der Waals surface area contributed by atoms with Gasteiger partial charge in [-0.25, -0.2) is 9.97 Å². The first-order valence-corrected chi connectivity index (χ1v) is 6.91. The summed E-state index contributed by atoms with van der Waals surface area (Å²) in [5, 5.41) is 3.99. The van der Waals surface area contributed by atoms with E-state index >= 15 is 0 Å². The third kappa shape index (κ3) is 1.94. The topological polar surface area (TPSA) is 91.6 Å². The van der Waals surface area contributed by atoms with Crippen LogP contribution in [0.5, 0.6) is 0 Å². The van der Waals surface area contributed by atoms with Crippen LogP contribution < -0.4 is 5.56 Å². The fraction of sp³-hybridized carbons (Fsp3) is 0.462. The van der Waals surface area contributed by atoms with Crippen LogP contribution in [0.4, 0.5) is 0 Å². The lowest BCUT2D eigenvalue weighted by Gasteiger charge is -2.20.